The Balaban J connectivity index is 0.0000000931. The van der Waals surface area contributed by atoms with Gasteiger partial charge in [0.2, 0.25) is 0 Å². The predicted molar refractivity (Wildman–Crippen MR) is 119 cm³/mol. The van der Waals surface area contributed by atoms with Gasteiger partial charge < -0.3 is 23.7 Å². The molecule has 8 fully saturated rings. The van der Waals surface area contributed by atoms with Gasteiger partial charge in [-0.05, 0) is 0 Å². The average molecular weight is 433 g/mol. The second-order valence-electron chi connectivity index (χ2n) is 11.6. The van der Waals surface area contributed by atoms with E-state index in [1.54, 1.807) is 0 Å². The molecule has 0 amide bonds. The topological polar surface area (TPSA) is 0 Å². The second kappa shape index (κ2) is 10.9. The summed E-state index contributed by atoms with van der Waals surface area (Å²) in [4.78, 5) is 0. The van der Waals surface area contributed by atoms with Crippen LogP contribution < -0.4 is 0 Å². The summed E-state index contributed by atoms with van der Waals surface area (Å²) in [5, 5.41) is 0. The largest absolute Gasteiger partial charge is 4.00 e. The molecule has 8 rings (SSSR count). The van der Waals surface area contributed by atoms with Crippen LogP contribution in [0.5, 0.6) is 0 Å². The van der Waals surface area contributed by atoms with Crippen molar-refractivity contribution in [3.63, 3.8) is 0 Å². The van der Waals surface area contributed by atoms with Crippen molar-refractivity contribution in [2.24, 2.45) is 23.7 Å². The van der Waals surface area contributed by atoms with Crippen LogP contribution in [0.3, 0.4) is 0 Å². The fourth-order valence-electron chi connectivity index (χ4n) is 7.61. The van der Waals surface area contributed by atoms with E-state index < -0.39 is 0 Å². The van der Waals surface area contributed by atoms with Crippen LogP contribution in [-0.2, 0) is 17.4 Å². The van der Waals surface area contributed by atoms with Gasteiger partial charge in [-0.15, -0.1) is 0 Å². The quantitative estimate of drug-likeness (QED) is 0.336. The number of hydrogen-bond acceptors (Lipinski definition) is 0. The maximum Gasteiger partial charge on any atom is 4.00 e. The fourth-order valence-corrected chi connectivity index (χ4v) is 7.61. The molecule has 1 heteroatoms. The Morgan fingerprint density at radius 2 is 0.483 bits per heavy atom. The molecule has 0 radical (unpaired) electrons. The third kappa shape index (κ3) is 6.28. The van der Waals surface area contributed by atoms with E-state index in [1.165, 1.54) is 128 Å². The van der Waals surface area contributed by atoms with E-state index in [9.17, 15) is 0 Å². The maximum absolute atomic E-state index is 1.87. The third-order valence-corrected chi connectivity index (χ3v) is 9.56. The maximum atomic E-state index is 1.87. The number of fused-ring (bicyclic) bond motifs is 8. The molecule has 0 aromatic heterocycles. The SMILES string of the molecule is C1CC2CC[C-]1C2.C1CC2CC[C-]1C2.C1CC2CC[C-]1C2.C1CC2CC[C-]1C2.[Cr+4]. The summed E-state index contributed by atoms with van der Waals surface area (Å²) < 4.78 is 0. The summed E-state index contributed by atoms with van der Waals surface area (Å²) in [5.41, 5.74) is 0. The average Bonchev–Trinajstić information content (AvgIpc) is 3.63. The first-order valence-corrected chi connectivity index (χ1v) is 13.1. The van der Waals surface area contributed by atoms with Gasteiger partial charge in [0.25, 0.3) is 0 Å². The summed E-state index contributed by atoms with van der Waals surface area (Å²) >= 11 is 0. The van der Waals surface area contributed by atoms with Crippen LogP contribution in [0.25, 0.3) is 0 Å². The van der Waals surface area contributed by atoms with Gasteiger partial charge >= 0.3 is 17.4 Å². The van der Waals surface area contributed by atoms with Gasteiger partial charge in [-0.2, -0.15) is 77.0 Å². The van der Waals surface area contributed by atoms with Crippen LogP contribution in [0.15, 0.2) is 0 Å². The first-order valence-electron chi connectivity index (χ1n) is 13.1. The molecule has 162 valence electrons. The molecular formula is C28H44Cr. The van der Waals surface area contributed by atoms with Crippen LogP contribution >= 0.6 is 0 Å². The smallest absolute Gasteiger partial charge is 0.313 e. The van der Waals surface area contributed by atoms with E-state index in [0.29, 0.717) is 0 Å². The minimum Gasteiger partial charge on any atom is -0.313 e. The fraction of sp³-hybridized carbons (Fsp3) is 0.857. The Morgan fingerprint density at radius 1 is 0.310 bits per heavy atom. The Kier molecular flexibility index (Phi) is 8.54. The van der Waals surface area contributed by atoms with E-state index in [4.69, 9.17) is 0 Å². The molecule has 0 unspecified atom stereocenters. The second-order valence-corrected chi connectivity index (χ2v) is 11.6. The zero-order valence-electron chi connectivity index (χ0n) is 18.9. The first-order chi connectivity index (χ1) is 13.8. The van der Waals surface area contributed by atoms with Crippen LogP contribution in [0.2, 0.25) is 0 Å². The molecule has 8 aliphatic rings. The van der Waals surface area contributed by atoms with E-state index in [2.05, 4.69) is 0 Å². The summed E-state index contributed by atoms with van der Waals surface area (Å²) in [7, 11) is 0. The molecule has 0 aromatic carbocycles. The Labute approximate surface area is 192 Å². The molecule has 0 atom stereocenters. The van der Waals surface area contributed by atoms with Crippen molar-refractivity contribution >= 4 is 0 Å². The van der Waals surface area contributed by atoms with Crippen LogP contribution in [0, 0.1) is 47.3 Å². The minimum atomic E-state index is 0. The normalized spacial score (nSPS) is 31.4. The Bertz CT molecular complexity index is 327. The van der Waals surface area contributed by atoms with Crippen molar-refractivity contribution in [1.82, 2.24) is 0 Å². The van der Waals surface area contributed by atoms with Crippen molar-refractivity contribution in [2.45, 2.75) is 128 Å². The predicted octanol–water partition coefficient (Wildman–Crippen LogP) is 8.62. The zero-order valence-corrected chi connectivity index (χ0v) is 20.1. The van der Waals surface area contributed by atoms with Gasteiger partial charge in [0.1, 0.15) is 0 Å². The molecule has 0 spiro atoms. The molecule has 0 aliphatic heterocycles. The van der Waals surface area contributed by atoms with Crippen molar-refractivity contribution in [3.05, 3.63) is 23.7 Å². The van der Waals surface area contributed by atoms with Crippen LogP contribution in [0.4, 0.5) is 0 Å². The van der Waals surface area contributed by atoms with E-state index in [0.717, 1.165) is 23.7 Å². The van der Waals surface area contributed by atoms with Crippen molar-refractivity contribution in [1.29, 1.82) is 0 Å². The van der Waals surface area contributed by atoms with Gasteiger partial charge in [-0.3, -0.25) is 0 Å². The summed E-state index contributed by atoms with van der Waals surface area (Å²) in [6, 6.07) is 0. The standard InChI is InChI=1S/4C7H11.Cr/c4*1-2-7-4-3-6(1)5-7;/h4*6H,1-5H2;/q4*-1;+4. The molecule has 0 nitrogen and oxygen atoms in total. The first kappa shape index (κ1) is 22.7. The van der Waals surface area contributed by atoms with E-state index in [-0.39, 0.29) is 17.4 Å². The van der Waals surface area contributed by atoms with Crippen molar-refractivity contribution in [3.8, 4) is 0 Å². The molecule has 0 aromatic rings. The number of hydrogen-bond donors (Lipinski definition) is 0. The summed E-state index contributed by atoms with van der Waals surface area (Å²) in [6.07, 6.45) is 30.0. The van der Waals surface area contributed by atoms with E-state index in [1.807, 2.05) is 23.7 Å². The summed E-state index contributed by atoms with van der Waals surface area (Å²) in [5.74, 6) is 12.0. The Hall–Kier alpha value is 0.532. The van der Waals surface area contributed by atoms with Gasteiger partial charge in [-0.1, -0.05) is 75.0 Å². The molecule has 8 aliphatic carbocycles. The van der Waals surface area contributed by atoms with Gasteiger partial charge in [0.15, 0.2) is 0 Å². The van der Waals surface area contributed by atoms with Crippen molar-refractivity contribution < 1.29 is 17.4 Å². The minimum absolute atomic E-state index is 0. The zero-order chi connectivity index (χ0) is 18.8. The molecule has 8 saturated carbocycles. The molecule has 0 heterocycles. The Morgan fingerprint density at radius 3 is 0.517 bits per heavy atom. The van der Waals surface area contributed by atoms with Gasteiger partial charge in [-0.25, -0.2) is 0 Å². The molecule has 8 bridgehead atoms. The van der Waals surface area contributed by atoms with E-state index >= 15 is 0 Å². The molecule has 29 heavy (non-hydrogen) atoms. The van der Waals surface area contributed by atoms with Gasteiger partial charge in [0.05, 0.1) is 0 Å². The molecular weight excluding hydrogens is 388 g/mol. The molecule has 0 N–H and O–H groups in total. The van der Waals surface area contributed by atoms with Gasteiger partial charge in [0, 0.05) is 0 Å². The third-order valence-electron chi connectivity index (χ3n) is 9.56. The van der Waals surface area contributed by atoms with Crippen LogP contribution in [0.1, 0.15) is 128 Å². The van der Waals surface area contributed by atoms with Crippen molar-refractivity contribution in [2.75, 3.05) is 0 Å². The number of rotatable bonds is 0. The van der Waals surface area contributed by atoms with Crippen LogP contribution in [-0.4, -0.2) is 0 Å². The molecule has 0 saturated heterocycles. The monoisotopic (exact) mass is 432 g/mol. The summed E-state index contributed by atoms with van der Waals surface area (Å²) in [6.45, 7) is 0.